The topological polar surface area (TPSA) is 38.0 Å². The van der Waals surface area contributed by atoms with Crippen molar-refractivity contribution in [3.05, 3.63) is 18.0 Å². The number of hydrogen-bond acceptors (Lipinski definition) is 2. The van der Waals surface area contributed by atoms with Crippen LogP contribution in [-0.2, 0) is 12.6 Å². The number of hydrogen-bond donors (Lipinski definition) is 1. The summed E-state index contributed by atoms with van der Waals surface area (Å²) >= 11 is 0. The largest absolute Gasteiger partial charge is 0.383 e. The van der Waals surface area contributed by atoms with Gasteiger partial charge in [0.15, 0.2) is 0 Å². The highest BCUT2D eigenvalue weighted by Gasteiger charge is 2.31. The lowest BCUT2D eigenvalue weighted by Gasteiger charge is -2.27. The van der Waals surface area contributed by atoms with Gasteiger partial charge in [-0.15, -0.1) is 0 Å². The Kier molecular flexibility index (Phi) is 2.76. The van der Waals surface area contributed by atoms with Gasteiger partial charge in [0.1, 0.15) is 5.60 Å². The van der Waals surface area contributed by atoms with E-state index in [-0.39, 0.29) is 5.92 Å². The van der Waals surface area contributed by atoms with Gasteiger partial charge in [0.05, 0.1) is 5.69 Å². The fourth-order valence-corrected chi connectivity index (χ4v) is 1.33. The van der Waals surface area contributed by atoms with E-state index in [1.165, 1.54) is 0 Å². The molecule has 1 rings (SSSR count). The molecule has 2 unspecified atom stereocenters. The summed E-state index contributed by atoms with van der Waals surface area (Å²) in [4.78, 5) is 0. The summed E-state index contributed by atoms with van der Waals surface area (Å²) in [5.74, 6) is 0.224. The second-order valence-electron chi connectivity index (χ2n) is 3.83. The molecule has 1 heterocycles. The monoisotopic (exact) mass is 182 g/mol. The molecule has 0 saturated carbocycles. The van der Waals surface area contributed by atoms with Crippen LogP contribution in [0.5, 0.6) is 0 Å². The summed E-state index contributed by atoms with van der Waals surface area (Å²) < 4.78 is 1.71. The third kappa shape index (κ3) is 1.91. The molecule has 13 heavy (non-hydrogen) atoms. The van der Waals surface area contributed by atoms with Crippen LogP contribution in [0.15, 0.2) is 12.3 Å². The van der Waals surface area contributed by atoms with Gasteiger partial charge in [0.2, 0.25) is 0 Å². The van der Waals surface area contributed by atoms with Crippen LogP contribution < -0.4 is 0 Å². The summed E-state index contributed by atoms with van der Waals surface area (Å²) in [6.07, 6.45) is 2.80. The van der Waals surface area contributed by atoms with Gasteiger partial charge in [0.25, 0.3) is 0 Å². The van der Waals surface area contributed by atoms with E-state index in [0.29, 0.717) is 0 Å². The maximum atomic E-state index is 10.2. The molecule has 0 saturated heterocycles. The van der Waals surface area contributed by atoms with E-state index >= 15 is 0 Å². The quantitative estimate of drug-likeness (QED) is 0.772. The predicted molar refractivity (Wildman–Crippen MR) is 52.2 cm³/mol. The maximum absolute atomic E-state index is 10.2. The van der Waals surface area contributed by atoms with Crippen LogP contribution in [-0.4, -0.2) is 14.9 Å². The average Bonchev–Trinajstić information content (AvgIpc) is 2.50. The normalized spacial score (nSPS) is 18.2. The number of nitrogens with zero attached hydrogens (tertiary/aromatic N) is 2. The van der Waals surface area contributed by atoms with Gasteiger partial charge in [-0.3, -0.25) is 4.68 Å². The molecule has 1 aromatic rings. The van der Waals surface area contributed by atoms with Crippen molar-refractivity contribution in [1.82, 2.24) is 9.78 Å². The maximum Gasteiger partial charge on any atom is 0.108 e. The van der Waals surface area contributed by atoms with Crippen molar-refractivity contribution in [2.24, 2.45) is 13.0 Å². The van der Waals surface area contributed by atoms with Crippen LogP contribution in [0.3, 0.4) is 0 Å². The van der Waals surface area contributed by atoms with Gasteiger partial charge in [-0.1, -0.05) is 20.3 Å². The van der Waals surface area contributed by atoms with Crippen LogP contribution in [0.25, 0.3) is 0 Å². The number of aromatic nitrogens is 2. The smallest absolute Gasteiger partial charge is 0.108 e. The van der Waals surface area contributed by atoms with Crippen LogP contribution >= 0.6 is 0 Å². The standard InChI is InChI=1S/C10H18N2O/c1-5-8(2)10(3,13)9-6-7-12(4)11-9/h6-8,13H,5H2,1-4H3. The fraction of sp³-hybridized carbons (Fsp3) is 0.700. The highest BCUT2D eigenvalue weighted by molar-refractivity contribution is 5.10. The summed E-state index contributed by atoms with van der Waals surface area (Å²) in [5, 5.41) is 14.4. The zero-order valence-corrected chi connectivity index (χ0v) is 8.78. The minimum atomic E-state index is -0.810. The van der Waals surface area contributed by atoms with E-state index in [9.17, 15) is 5.11 Å². The SMILES string of the molecule is CCC(C)C(C)(O)c1ccn(C)n1. The van der Waals surface area contributed by atoms with Gasteiger partial charge in [-0.25, -0.2) is 0 Å². The Hall–Kier alpha value is -0.830. The Morgan fingerprint density at radius 3 is 2.69 bits per heavy atom. The molecule has 0 amide bonds. The molecule has 3 nitrogen and oxygen atoms in total. The summed E-state index contributed by atoms with van der Waals surface area (Å²) in [6.45, 7) is 5.93. The Bertz CT molecular complexity index is 278. The van der Waals surface area contributed by atoms with Crippen molar-refractivity contribution >= 4 is 0 Å². The molecule has 0 spiro atoms. The van der Waals surface area contributed by atoms with Gasteiger partial charge in [-0.05, 0) is 18.9 Å². The van der Waals surface area contributed by atoms with E-state index in [2.05, 4.69) is 12.0 Å². The van der Waals surface area contributed by atoms with Crippen molar-refractivity contribution in [1.29, 1.82) is 0 Å². The first kappa shape index (κ1) is 10.3. The van der Waals surface area contributed by atoms with Gasteiger partial charge < -0.3 is 5.11 Å². The minimum Gasteiger partial charge on any atom is -0.383 e. The third-order valence-electron chi connectivity index (χ3n) is 2.80. The molecule has 2 atom stereocenters. The van der Waals surface area contributed by atoms with E-state index in [0.717, 1.165) is 12.1 Å². The lowest BCUT2D eigenvalue weighted by molar-refractivity contribution is -0.00449. The van der Waals surface area contributed by atoms with Gasteiger partial charge >= 0.3 is 0 Å². The molecule has 0 aliphatic carbocycles. The molecule has 0 aliphatic rings. The molecule has 0 aromatic carbocycles. The van der Waals surface area contributed by atoms with E-state index in [4.69, 9.17) is 0 Å². The Morgan fingerprint density at radius 2 is 2.31 bits per heavy atom. The van der Waals surface area contributed by atoms with Crippen LogP contribution in [0.1, 0.15) is 32.9 Å². The van der Waals surface area contributed by atoms with Crippen molar-refractivity contribution < 1.29 is 5.11 Å². The number of rotatable bonds is 3. The number of aliphatic hydroxyl groups is 1. The Labute approximate surface area is 79.4 Å². The van der Waals surface area contributed by atoms with Gasteiger partial charge in [-0.2, -0.15) is 5.10 Å². The van der Waals surface area contributed by atoms with E-state index < -0.39 is 5.60 Å². The van der Waals surface area contributed by atoms with Crippen molar-refractivity contribution in [2.45, 2.75) is 32.8 Å². The molecule has 1 N–H and O–H groups in total. The summed E-state index contributed by atoms with van der Waals surface area (Å²) in [5.41, 5.74) is -0.0555. The summed E-state index contributed by atoms with van der Waals surface area (Å²) in [7, 11) is 1.86. The first-order chi connectivity index (χ1) is 5.98. The molecule has 0 fully saturated rings. The Balaban J connectivity index is 2.92. The molecule has 3 heteroatoms. The number of aryl methyl sites for hydroxylation is 1. The zero-order chi connectivity index (χ0) is 10.1. The highest BCUT2D eigenvalue weighted by atomic mass is 16.3. The van der Waals surface area contributed by atoms with E-state index in [1.54, 1.807) is 4.68 Å². The molecular weight excluding hydrogens is 164 g/mol. The molecule has 1 aromatic heterocycles. The lowest BCUT2D eigenvalue weighted by atomic mass is 9.86. The van der Waals surface area contributed by atoms with Crippen molar-refractivity contribution in [3.63, 3.8) is 0 Å². The van der Waals surface area contributed by atoms with E-state index in [1.807, 2.05) is 33.2 Å². The minimum absolute atomic E-state index is 0.224. The zero-order valence-electron chi connectivity index (χ0n) is 8.78. The van der Waals surface area contributed by atoms with Crippen LogP contribution in [0, 0.1) is 5.92 Å². The molecule has 0 radical (unpaired) electrons. The molecule has 0 aliphatic heterocycles. The summed E-state index contributed by atoms with van der Waals surface area (Å²) in [6, 6.07) is 1.87. The fourth-order valence-electron chi connectivity index (χ4n) is 1.33. The first-order valence-corrected chi connectivity index (χ1v) is 4.71. The van der Waals surface area contributed by atoms with Crippen molar-refractivity contribution in [3.8, 4) is 0 Å². The first-order valence-electron chi connectivity index (χ1n) is 4.71. The molecular formula is C10H18N2O. The highest BCUT2D eigenvalue weighted by Crippen LogP contribution is 2.29. The molecule has 0 bridgehead atoms. The second kappa shape index (κ2) is 3.50. The predicted octanol–water partition coefficient (Wildman–Crippen LogP) is 1.67. The molecule has 74 valence electrons. The van der Waals surface area contributed by atoms with Gasteiger partial charge in [0, 0.05) is 13.2 Å². The van der Waals surface area contributed by atoms with Crippen LogP contribution in [0.4, 0.5) is 0 Å². The third-order valence-corrected chi connectivity index (χ3v) is 2.80. The second-order valence-corrected chi connectivity index (χ2v) is 3.83. The van der Waals surface area contributed by atoms with Crippen LogP contribution in [0.2, 0.25) is 0 Å². The average molecular weight is 182 g/mol. The lowest BCUT2D eigenvalue weighted by Crippen LogP contribution is -2.30. The Morgan fingerprint density at radius 1 is 1.69 bits per heavy atom. The van der Waals surface area contributed by atoms with Crippen molar-refractivity contribution in [2.75, 3.05) is 0 Å².